The van der Waals surface area contributed by atoms with E-state index in [1.807, 2.05) is 35.7 Å². The van der Waals surface area contributed by atoms with Crippen LogP contribution in [-0.4, -0.2) is 26.5 Å². The van der Waals surface area contributed by atoms with Crippen molar-refractivity contribution in [3.05, 3.63) is 59.5 Å². The van der Waals surface area contributed by atoms with Gasteiger partial charge in [0.2, 0.25) is 5.91 Å². The molecular formula is C17H18ClN5O. The summed E-state index contributed by atoms with van der Waals surface area (Å²) in [5.41, 5.74) is 1.54. The Morgan fingerprint density at radius 2 is 2.00 bits per heavy atom. The number of hydrogen-bond acceptors (Lipinski definition) is 4. The highest BCUT2D eigenvalue weighted by atomic mass is 35.5. The van der Waals surface area contributed by atoms with Gasteiger partial charge in [0.1, 0.15) is 0 Å². The van der Waals surface area contributed by atoms with Gasteiger partial charge in [-0.05, 0) is 43.3 Å². The van der Waals surface area contributed by atoms with E-state index in [-0.39, 0.29) is 11.9 Å². The van der Waals surface area contributed by atoms with Gasteiger partial charge in [-0.2, -0.15) is 0 Å². The van der Waals surface area contributed by atoms with E-state index in [1.165, 1.54) is 0 Å². The number of nitrogens with one attached hydrogen (secondary N) is 2. The average Bonchev–Trinajstić information content (AvgIpc) is 2.98. The molecule has 0 fully saturated rings. The van der Waals surface area contributed by atoms with Gasteiger partial charge in [-0.3, -0.25) is 9.20 Å². The van der Waals surface area contributed by atoms with Crippen molar-refractivity contribution in [1.82, 2.24) is 19.9 Å². The minimum absolute atomic E-state index is 0.00774. The van der Waals surface area contributed by atoms with E-state index in [4.69, 9.17) is 11.6 Å². The number of amides is 1. The fourth-order valence-corrected chi connectivity index (χ4v) is 2.50. The van der Waals surface area contributed by atoms with Crippen molar-refractivity contribution in [3.63, 3.8) is 0 Å². The van der Waals surface area contributed by atoms with Crippen LogP contribution >= 0.6 is 11.6 Å². The summed E-state index contributed by atoms with van der Waals surface area (Å²) in [6.07, 6.45) is 2.28. The molecule has 6 nitrogen and oxygen atoms in total. The number of nitrogens with zero attached hydrogens (tertiary/aromatic N) is 3. The van der Waals surface area contributed by atoms with Crippen molar-refractivity contribution in [2.75, 3.05) is 5.32 Å². The van der Waals surface area contributed by atoms with Crippen LogP contribution in [0.1, 0.15) is 19.2 Å². The normalized spacial score (nSPS) is 12.2. The van der Waals surface area contributed by atoms with Gasteiger partial charge in [0.05, 0.1) is 6.54 Å². The third-order valence-corrected chi connectivity index (χ3v) is 3.86. The summed E-state index contributed by atoms with van der Waals surface area (Å²) in [5, 5.41) is 15.1. The van der Waals surface area contributed by atoms with Gasteiger partial charge in [0, 0.05) is 29.4 Å². The quantitative estimate of drug-likeness (QED) is 0.722. The molecule has 0 radical (unpaired) electrons. The smallest absolute Gasteiger partial charge is 0.225 e. The molecule has 1 atom stereocenters. The molecule has 3 aromatic rings. The highest BCUT2D eigenvalue weighted by Crippen LogP contribution is 2.13. The molecule has 0 saturated carbocycles. The van der Waals surface area contributed by atoms with Crippen LogP contribution in [0, 0.1) is 0 Å². The molecule has 2 aromatic heterocycles. The standard InChI is InChI=1S/C17H18ClN5O/c1-12(10-17(24)20-14-7-5-13(18)6-8-14)19-11-16-22-21-15-4-2-3-9-23(15)16/h2-9,12,19H,10-11H2,1H3,(H,20,24)/t12-/m0/s1. The lowest BCUT2D eigenvalue weighted by Gasteiger charge is -2.13. The van der Waals surface area contributed by atoms with Crippen molar-refractivity contribution in [2.24, 2.45) is 0 Å². The van der Waals surface area contributed by atoms with Gasteiger partial charge in [0.25, 0.3) is 0 Å². The molecule has 1 aromatic carbocycles. The Kier molecular flexibility index (Phi) is 5.08. The SMILES string of the molecule is C[C@@H](CC(=O)Nc1ccc(Cl)cc1)NCc1nnc2ccccn12. The van der Waals surface area contributed by atoms with Gasteiger partial charge in [0.15, 0.2) is 11.5 Å². The van der Waals surface area contributed by atoms with Crippen molar-refractivity contribution in [1.29, 1.82) is 0 Å². The Balaban J connectivity index is 1.51. The number of hydrogen-bond donors (Lipinski definition) is 2. The zero-order valence-electron chi connectivity index (χ0n) is 13.2. The summed E-state index contributed by atoms with van der Waals surface area (Å²) in [5.74, 6) is 0.763. The predicted molar refractivity (Wildman–Crippen MR) is 94.0 cm³/mol. The van der Waals surface area contributed by atoms with Gasteiger partial charge in [-0.25, -0.2) is 0 Å². The van der Waals surface area contributed by atoms with Gasteiger partial charge in [-0.15, -0.1) is 10.2 Å². The van der Waals surface area contributed by atoms with Crippen LogP contribution < -0.4 is 10.6 Å². The van der Waals surface area contributed by atoms with Crippen LogP contribution in [0.4, 0.5) is 5.69 Å². The van der Waals surface area contributed by atoms with E-state index in [9.17, 15) is 4.79 Å². The monoisotopic (exact) mass is 343 g/mol. The van der Waals surface area contributed by atoms with Gasteiger partial charge in [-0.1, -0.05) is 17.7 Å². The Labute approximate surface area is 144 Å². The number of pyridine rings is 1. The average molecular weight is 344 g/mol. The van der Waals surface area contributed by atoms with E-state index in [0.29, 0.717) is 18.0 Å². The van der Waals surface area contributed by atoms with E-state index in [1.54, 1.807) is 24.3 Å². The molecule has 0 aliphatic rings. The van der Waals surface area contributed by atoms with E-state index < -0.39 is 0 Å². The summed E-state index contributed by atoms with van der Waals surface area (Å²) < 4.78 is 1.92. The summed E-state index contributed by atoms with van der Waals surface area (Å²) >= 11 is 5.83. The maximum absolute atomic E-state index is 12.1. The van der Waals surface area contributed by atoms with Crippen molar-refractivity contribution in [3.8, 4) is 0 Å². The van der Waals surface area contributed by atoms with Crippen LogP contribution in [0.25, 0.3) is 5.65 Å². The highest BCUT2D eigenvalue weighted by molar-refractivity contribution is 6.30. The molecule has 0 saturated heterocycles. The number of carbonyl (C=O) groups excluding carboxylic acids is 1. The van der Waals surface area contributed by atoms with Crippen molar-refractivity contribution in [2.45, 2.75) is 25.9 Å². The fraction of sp³-hybridized carbons (Fsp3) is 0.235. The second kappa shape index (κ2) is 7.42. The first kappa shape index (κ1) is 16.4. The molecule has 124 valence electrons. The van der Waals surface area contributed by atoms with Crippen LogP contribution in [0.15, 0.2) is 48.7 Å². The zero-order valence-corrected chi connectivity index (χ0v) is 14.0. The number of carbonyl (C=O) groups is 1. The molecule has 0 aliphatic carbocycles. The number of aromatic nitrogens is 3. The lowest BCUT2D eigenvalue weighted by molar-refractivity contribution is -0.116. The molecule has 1 amide bonds. The molecule has 0 spiro atoms. The van der Waals surface area contributed by atoms with Crippen molar-refractivity contribution < 1.29 is 4.79 Å². The molecule has 24 heavy (non-hydrogen) atoms. The Bertz CT molecular complexity index is 830. The van der Waals surface area contributed by atoms with Gasteiger partial charge >= 0.3 is 0 Å². The van der Waals surface area contributed by atoms with Crippen LogP contribution in [0.2, 0.25) is 5.02 Å². The maximum atomic E-state index is 12.1. The first-order valence-corrected chi connectivity index (χ1v) is 8.07. The molecule has 0 aliphatic heterocycles. The van der Waals surface area contributed by atoms with Crippen LogP contribution in [-0.2, 0) is 11.3 Å². The first-order chi connectivity index (χ1) is 11.6. The summed E-state index contributed by atoms with van der Waals surface area (Å²) in [7, 11) is 0. The molecule has 2 heterocycles. The summed E-state index contributed by atoms with van der Waals surface area (Å²) in [6, 6.07) is 12.8. The second-order valence-corrected chi connectivity index (χ2v) is 6.02. The fourth-order valence-electron chi connectivity index (χ4n) is 2.37. The lowest BCUT2D eigenvalue weighted by Crippen LogP contribution is -2.30. The highest BCUT2D eigenvalue weighted by Gasteiger charge is 2.11. The molecule has 7 heteroatoms. The summed E-state index contributed by atoms with van der Waals surface area (Å²) in [6.45, 7) is 2.51. The topological polar surface area (TPSA) is 71.3 Å². The Morgan fingerprint density at radius 1 is 1.21 bits per heavy atom. The largest absolute Gasteiger partial charge is 0.326 e. The minimum Gasteiger partial charge on any atom is -0.326 e. The molecular weight excluding hydrogens is 326 g/mol. The molecule has 0 bridgehead atoms. The number of anilines is 1. The van der Waals surface area contributed by atoms with Gasteiger partial charge < -0.3 is 10.6 Å². The molecule has 2 N–H and O–H groups in total. The number of halogens is 1. The second-order valence-electron chi connectivity index (χ2n) is 5.59. The van der Waals surface area contributed by atoms with Crippen LogP contribution in [0.3, 0.4) is 0 Å². The maximum Gasteiger partial charge on any atom is 0.225 e. The van der Waals surface area contributed by atoms with Crippen LogP contribution in [0.5, 0.6) is 0 Å². The van der Waals surface area contributed by atoms with E-state index >= 15 is 0 Å². The number of fused-ring (bicyclic) bond motifs is 1. The summed E-state index contributed by atoms with van der Waals surface area (Å²) in [4.78, 5) is 12.1. The molecule has 3 rings (SSSR count). The lowest BCUT2D eigenvalue weighted by atomic mass is 10.2. The molecule has 0 unspecified atom stereocenters. The Hall–Kier alpha value is -2.44. The third kappa shape index (κ3) is 4.10. The first-order valence-electron chi connectivity index (χ1n) is 7.69. The van der Waals surface area contributed by atoms with Crippen molar-refractivity contribution >= 4 is 28.8 Å². The zero-order chi connectivity index (χ0) is 16.9. The van der Waals surface area contributed by atoms with E-state index in [2.05, 4.69) is 20.8 Å². The number of rotatable bonds is 6. The number of benzene rings is 1. The predicted octanol–water partition coefficient (Wildman–Crippen LogP) is 2.89. The third-order valence-electron chi connectivity index (χ3n) is 3.61. The Morgan fingerprint density at radius 3 is 2.79 bits per heavy atom. The minimum atomic E-state index is -0.0524. The van der Waals surface area contributed by atoms with E-state index in [0.717, 1.165) is 17.2 Å².